The highest BCUT2D eigenvalue weighted by Crippen LogP contribution is 2.42. The molecule has 1 aliphatic heterocycles. The number of anilines is 2. The molecule has 0 bridgehead atoms. The summed E-state index contributed by atoms with van der Waals surface area (Å²) in [6, 6.07) is 16.1. The molecule has 4 rings (SSSR count). The number of para-hydroxylation sites is 1. The minimum absolute atomic E-state index is 0.165. The van der Waals surface area contributed by atoms with Crippen molar-refractivity contribution in [3.05, 3.63) is 70.6 Å². The predicted octanol–water partition coefficient (Wildman–Crippen LogP) is 4.44. The number of fused-ring (bicyclic) bond motifs is 2. The first kappa shape index (κ1) is 16.8. The van der Waals surface area contributed by atoms with Gasteiger partial charge >= 0.3 is 5.63 Å². The molecule has 5 heteroatoms. The highest BCUT2D eigenvalue weighted by atomic mass is 32.2. The molecule has 0 fully saturated rings. The molecule has 1 aromatic heterocycles. The van der Waals surface area contributed by atoms with Crippen LogP contribution in [0.4, 0.5) is 11.4 Å². The summed E-state index contributed by atoms with van der Waals surface area (Å²) in [5.74, 6) is 0. The van der Waals surface area contributed by atoms with Crippen molar-refractivity contribution in [2.24, 2.45) is 0 Å². The minimum atomic E-state index is -0.312. The van der Waals surface area contributed by atoms with Crippen molar-refractivity contribution in [1.29, 1.82) is 0 Å². The summed E-state index contributed by atoms with van der Waals surface area (Å²) in [6.45, 7) is 0. The summed E-state index contributed by atoms with van der Waals surface area (Å²) in [5.41, 5.74) is 3.09. The van der Waals surface area contributed by atoms with E-state index < -0.39 is 0 Å². The number of rotatable bonds is 3. The van der Waals surface area contributed by atoms with Crippen LogP contribution in [-0.2, 0) is 0 Å². The second kappa shape index (κ2) is 6.57. The number of thioether (sulfide) groups is 1. The number of likely N-dealkylation sites (N-methyl/N-ethyl adjacent to an activating group) is 1. The van der Waals surface area contributed by atoms with Crippen LogP contribution in [0.25, 0.3) is 17.0 Å². The molecule has 1 aliphatic rings. The minimum Gasteiger partial charge on any atom is -0.422 e. The van der Waals surface area contributed by atoms with E-state index >= 15 is 0 Å². The maximum absolute atomic E-state index is 12.4. The molecule has 4 nitrogen and oxygen atoms in total. The Balaban J connectivity index is 1.63. The molecule has 2 aromatic carbocycles. The Bertz CT molecular complexity index is 1060. The van der Waals surface area contributed by atoms with Gasteiger partial charge in [-0.2, -0.15) is 0 Å². The zero-order valence-electron chi connectivity index (χ0n) is 15.0. The van der Waals surface area contributed by atoms with Gasteiger partial charge in [-0.25, -0.2) is 4.79 Å². The lowest BCUT2D eigenvalue weighted by Crippen LogP contribution is -2.22. The molecular weight excluding hydrogens is 344 g/mol. The molecule has 1 atom stereocenters. The van der Waals surface area contributed by atoms with Gasteiger partial charge in [-0.1, -0.05) is 30.0 Å². The van der Waals surface area contributed by atoms with E-state index in [0.29, 0.717) is 11.1 Å². The van der Waals surface area contributed by atoms with E-state index in [2.05, 4.69) is 30.2 Å². The number of hydrogen-bond acceptors (Lipinski definition) is 5. The van der Waals surface area contributed by atoms with E-state index in [1.54, 1.807) is 11.8 Å². The first-order valence-electron chi connectivity index (χ1n) is 8.45. The molecular formula is C21H20N2O2S. The first-order valence-corrected chi connectivity index (χ1v) is 9.33. The van der Waals surface area contributed by atoms with Gasteiger partial charge in [-0.15, -0.1) is 0 Å². The Hall–Kier alpha value is -2.66. The molecule has 0 aliphatic carbocycles. The normalized spacial score (nSPS) is 16.4. The van der Waals surface area contributed by atoms with E-state index in [1.807, 2.05) is 61.5 Å². The summed E-state index contributed by atoms with van der Waals surface area (Å²) >= 11 is 1.78. The number of hydrogen-bond donors (Lipinski definition) is 0. The van der Waals surface area contributed by atoms with Gasteiger partial charge in [0.15, 0.2) is 0 Å². The fraction of sp³-hybridized carbons (Fsp3) is 0.190. The molecule has 132 valence electrons. The summed E-state index contributed by atoms with van der Waals surface area (Å²) in [4.78, 5) is 17.8. The van der Waals surface area contributed by atoms with Crippen LogP contribution in [0, 0.1) is 0 Å². The molecule has 0 radical (unpaired) electrons. The third-order valence-corrected chi connectivity index (χ3v) is 5.89. The van der Waals surface area contributed by atoms with Gasteiger partial charge in [-0.05, 0) is 36.4 Å². The van der Waals surface area contributed by atoms with Crippen molar-refractivity contribution in [2.75, 3.05) is 30.9 Å². The molecule has 3 aromatic rings. The average molecular weight is 364 g/mol. The maximum atomic E-state index is 12.4. The van der Waals surface area contributed by atoms with E-state index in [9.17, 15) is 4.79 Å². The van der Waals surface area contributed by atoms with Gasteiger partial charge in [0.1, 0.15) is 5.58 Å². The lowest BCUT2D eigenvalue weighted by atomic mass is 10.1. The topological polar surface area (TPSA) is 36.7 Å². The Morgan fingerprint density at radius 2 is 1.96 bits per heavy atom. The fourth-order valence-electron chi connectivity index (χ4n) is 3.06. The summed E-state index contributed by atoms with van der Waals surface area (Å²) in [5, 5.41) is 1.09. The zero-order chi connectivity index (χ0) is 18.3. The van der Waals surface area contributed by atoms with Gasteiger partial charge in [0.2, 0.25) is 0 Å². The van der Waals surface area contributed by atoms with Gasteiger partial charge in [0.25, 0.3) is 0 Å². The molecule has 0 N–H and O–H groups in total. The van der Waals surface area contributed by atoms with Crippen molar-refractivity contribution < 1.29 is 4.42 Å². The van der Waals surface area contributed by atoms with Crippen LogP contribution < -0.4 is 15.4 Å². The van der Waals surface area contributed by atoms with Crippen LogP contribution in [0.5, 0.6) is 0 Å². The van der Waals surface area contributed by atoms with Gasteiger partial charge in [-0.3, -0.25) is 0 Å². The number of benzene rings is 2. The van der Waals surface area contributed by atoms with E-state index in [4.69, 9.17) is 4.42 Å². The predicted molar refractivity (Wildman–Crippen MR) is 110 cm³/mol. The van der Waals surface area contributed by atoms with Crippen molar-refractivity contribution in [3.8, 4) is 0 Å². The Morgan fingerprint density at radius 3 is 2.73 bits per heavy atom. The van der Waals surface area contributed by atoms with E-state index in [-0.39, 0.29) is 11.0 Å². The molecule has 1 unspecified atom stereocenters. The molecule has 0 saturated heterocycles. The lowest BCUT2D eigenvalue weighted by Gasteiger charge is -2.18. The average Bonchev–Trinajstić information content (AvgIpc) is 2.95. The standard InChI is InChI=1S/C21H20N2O2S/c1-22(2)16-10-8-14-12-15(21(24)25-18(14)13-16)9-11-20-23(3)17-6-4-5-7-19(17)26-20/h4-13,20H,1-3H3/b11-9+. The van der Waals surface area contributed by atoms with Crippen molar-refractivity contribution in [2.45, 2.75) is 10.3 Å². The lowest BCUT2D eigenvalue weighted by molar-refractivity contribution is 0.559. The highest BCUT2D eigenvalue weighted by Gasteiger charge is 2.24. The van der Waals surface area contributed by atoms with E-state index in [1.165, 1.54) is 10.6 Å². The highest BCUT2D eigenvalue weighted by molar-refractivity contribution is 8.00. The van der Waals surface area contributed by atoms with Crippen LogP contribution in [0.2, 0.25) is 0 Å². The number of nitrogens with zero attached hydrogens (tertiary/aromatic N) is 2. The SMILES string of the molecule is CN(C)c1ccc2cc(/C=C/C3Sc4ccccc4N3C)c(=O)oc2c1. The first-order chi connectivity index (χ1) is 12.5. The van der Waals surface area contributed by atoms with E-state index in [0.717, 1.165) is 11.1 Å². The van der Waals surface area contributed by atoms with Gasteiger partial charge < -0.3 is 14.2 Å². The van der Waals surface area contributed by atoms with Crippen LogP contribution in [0.15, 0.2) is 68.7 Å². The Morgan fingerprint density at radius 1 is 1.15 bits per heavy atom. The van der Waals surface area contributed by atoms with Crippen molar-refractivity contribution in [1.82, 2.24) is 0 Å². The largest absolute Gasteiger partial charge is 0.422 e. The quantitative estimate of drug-likeness (QED) is 0.642. The van der Waals surface area contributed by atoms with Crippen molar-refractivity contribution >= 4 is 40.2 Å². The third-order valence-electron chi connectivity index (χ3n) is 4.58. The molecule has 0 amide bonds. The summed E-state index contributed by atoms with van der Waals surface area (Å²) in [7, 11) is 5.99. The monoisotopic (exact) mass is 364 g/mol. The smallest absolute Gasteiger partial charge is 0.343 e. The molecule has 2 heterocycles. The van der Waals surface area contributed by atoms with Crippen LogP contribution >= 0.6 is 11.8 Å². The summed E-state index contributed by atoms with van der Waals surface area (Å²) in [6.07, 6.45) is 3.92. The van der Waals surface area contributed by atoms with Gasteiger partial charge in [0.05, 0.1) is 16.6 Å². The van der Waals surface area contributed by atoms with Crippen LogP contribution in [0.1, 0.15) is 5.56 Å². The fourth-order valence-corrected chi connectivity index (χ4v) is 4.24. The molecule has 0 saturated carbocycles. The molecule has 0 spiro atoms. The Labute approximate surface area is 156 Å². The maximum Gasteiger partial charge on any atom is 0.343 e. The second-order valence-electron chi connectivity index (χ2n) is 6.55. The second-order valence-corrected chi connectivity index (χ2v) is 7.71. The zero-order valence-corrected chi connectivity index (χ0v) is 15.8. The summed E-state index contributed by atoms with van der Waals surface area (Å²) < 4.78 is 5.53. The van der Waals surface area contributed by atoms with Crippen molar-refractivity contribution in [3.63, 3.8) is 0 Å². The van der Waals surface area contributed by atoms with Gasteiger partial charge in [0, 0.05) is 43.2 Å². The molecule has 26 heavy (non-hydrogen) atoms. The Kier molecular flexibility index (Phi) is 4.24. The third kappa shape index (κ3) is 2.99. The van der Waals surface area contributed by atoms with Crippen LogP contribution in [-0.4, -0.2) is 26.5 Å². The van der Waals surface area contributed by atoms with Crippen LogP contribution in [0.3, 0.4) is 0 Å².